The fourth-order valence-corrected chi connectivity index (χ4v) is 4.54. The van der Waals surface area contributed by atoms with Crippen molar-refractivity contribution in [2.75, 3.05) is 20.1 Å². The van der Waals surface area contributed by atoms with E-state index in [4.69, 9.17) is 23.2 Å². The first-order valence-corrected chi connectivity index (χ1v) is 9.96. The quantitative estimate of drug-likeness (QED) is 0.703. The molecule has 2 aromatic carbocycles. The molecule has 1 aliphatic heterocycles. The second-order valence-corrected chi connectivity index (χ2v) is 8.08. The summed E-state index contributed by atoms with van der Waals surface area (Å²) < 4.78 is 0. The maximum absolute atomic E-state index is 13.1. The molecule has 1 aliphatic carbocycles. The van der Waals surface area contributed by atoms with Gasteiger partial charge in [0.1, 0.15) is 0 Å². The molecule has 3 nitrogen and oxygen atoms in total. The van der Waals surface area contributed by atoms with Crippen LogP contribution in [0.5, 0.6) is 0 Å². The van der Waals surface area contributed by atoms with Gasteiger partial charge in [0, 0.05) is 26.2 Å². The predicted octanol–water partition coefficient (Wildman–Crippen LogP) is 4.53. The van der Waals surface area contributed by atoms with E-state index in [1.54, 1.807) is 12.1 Å². The number of amides is 1. The van der Waals surface area contributed by atoms with Crippen LogP contribution in [0.3, 0.4) is 0 Å². The van der Waals surface area contributed by atoms with Crippen LogP contribution in [0.1, 0.15) is 22.7 Å². The van der Waals surface area contributed by atoms with Gasteiger partial charge in [-0.05, 0) is 35.2 Å². The first-order chi connectivity index (χ1) is 13.0. The lowest BCUT2D eigenvalue weighted by atomic mass is 10.0. The second-order valence-electron chi connectivity index (χ2n) is 7.27. The number of rotatable bonds is 4. The molecular formula is C22H22Cl2N2O. The first kappa shape index (κ1) is 18.5. The van der Waals surface area contributed by atoms with E-state index in [0.717, 1.165) is 25.1 Å². The molecule has 2 aromatic rings. The van der Waals surface area contributed by atoms with Crippen molar-refractivity contribution in [1.29, 1.82) is 0 Å². The van der Waals surface area contributed by atoms with Crippen LogP contribution in [0.2, 0.25) is 10.0 Å². The topological polar surface area (TPSA) is 23.6 Å². The molecule has 0 saturated heterocycles. The number of nitrogens with zero attached hydrogens (tertiary/aromatic N) is 2. The Balaban J connectivity index is 1.58. The van der Waals surface area contributed by atoms with Crippen molar-refractivity contribution in [2.45, 2.75) is 24.9 Å². The van der Waals surface area contributed by atoms with E-state index in [1.807, 2.05) is 18.0 Å². The predicted molar refractivity (Wildman–Crippen MR) is 110 cm³/mol. The monoisotopic (exact) mass is 400 g/mol. The molecule has 0 N–H and O–H groups in total. The van der Waals surface area contributed by atoms with Gasteiger partial charge >= 0.3 is 0 Å². The van der Waals surface area contributed by atoms with Crippen LogP contribution in [0, 0.1) is 0 Å². The molecular weight excluding hydrogens is 379 g/mol. The minimum atomic E-state index is 0.0661. The standard InChI is InChI=1S/C22H22Cl2N2O/c1-25(21(27)13-15-8-9-18(23)19(24)12-15)22-17-7-3-2-6-16(17)14-20(22)26-10-4-5-11-26/h2-9,12,20,22H,10-11,13-14H2,1H3. The zero-order chi connectivity index (χ0) is 19.0. The second kappa shape index (κ2) is 7.67. The van der Waals surface area contributed by atoms with Crippen molar-refractivity contribution in [3.05, 3.63) is 81.4 Å². The number of halogens is 2. The van der Waals surface area contributed by atoms with Crippen molar-refractivity contribution in [3.63, 3.8) is 0 Å². The Hall–Kier alpha value is -1.81. The van der Waals surface area contributed by atoms with Gasteiger partial charge < -0.3 is 4.90 Å². The van der Waals surface area contributed by atoms with Gasteiger partial charge in [0.25, 0.3) is 0 Å². The molecule has 140 valence electrons. The van der Waals surface area contributed by atoms with Crippen molar-refractivity contribution in [3.8, 4) is 0 Å². The summed E-state index contributed by atoms with van der Waals surface area (Å²) in [5.74, 6) is 0.0900. The van der Waals surface area contributed by atoms with Crippen LogP contribution >= 0.6 is 23.2 Å². The van der Waals surface area contributed by atoms with Crippen LogP contribution in [0.25, 0.3) is 0 Å². The van der Waals surface area contributed by atoms with Crippen LogP contribution in [0.4, 0.5) is 0 Å². The van der Waals surface area contributed by atoms with Crippen LogP contribution in [-0.4, -0.2) is 41.9 Å². The van der Waals surface area contributed by atoms with Crippen molar-refractivity contribution < 1.29 is 4.79 Å². The Kier molecular flexibility index (Phi) is 5.27. The zero-order valence-electron chi connectivity index (χ0n) is 15.2. The molecule has 1 heterocycles. The highest BCUT2D eigenvalue weighted by Gasteiger charge is 2.40. The average molecular weight is 401 g/mol. The van der Waals surface area contributed by atoms with E-state index in [9.17, 15) is 4.79 Å². The third-order valence-corrected chi connectivity index (χ3v) is 6.37. The lowest BCUT2D eigenvalue weighted by Crippen LogP contribution is -2.44. The fraction of sp³-hybridized carbons (Fsp3) is 0.318. The molecule has 0 aromatic heterocycles. The van der Waals surface area contributed by atoms with Gasteiger partial charge in [0.05, 0.1) is 22.5 Å². The maximum Gasteiger partial charge on any atom is 0.227 e. The molecule has 0 radical (unpaired) electrons. The highest BCUT2D eigenvalue weighted by Crippen LogP contribution is 2.39. The van der Waals surface area contributed by atoms with E-state index in [1.165, 1.54) is 11.1 Å². The van der Waals surface area contributed by atoms with Crippen LogP contribution < -0.4 is 0 Å². The molecule has 0 spiro atoms. The Morgan fingerprint density at radius 1 is 1.11 bits per heavy atom. The Bertz CT molecular complexity index is 888. The number of carbonyl (C=O) groups excluding carboxylic acids is 1. The third kappa shape index (κ3) is 3.64. The van der Waals surface area contributed by atoms with Gasteiger partial charge in [-0.3, -0.25) is 9.69 Å². The summed E-state index contributed by atoms with van der Waals surface area (Å²) >= 11 is 12.1. The number of benzene rings is 2. The lowest BCUT2D eigenvalue weighted by molar-refractivity contribution is -0.132. The number of likely N-dealkylation sites (N-methyl/N-ethyl adjacent to an activating group) is 1. The van der Waals surface area contributed by atoms with Crippen molar-refractivity contribution in [1.82, 2.24) is 9.80 Å². The number of carbonyl (C=O) groups is 1. The van der Waals surface area contributed by atoms with Gasteiger partial charge in [-0.1, -0.05) is 65.7 Å². The highest BCUT2D eigenvalue weighted by molar-refractivity contribution is 6.42. The maximum atomic E-state index is 13.1. The first-order valence-electron chi connectivity index (χ1n) is 9.21. The molecule has 0 fully saturated rings. The van der Waals surface area contributed by atoms with Crippen molar-refractivity contribution in [2.24, 2.45) is 0 Å². The largest absolute Gasteiger partial charge is 0.337 e. The van der Waals surface area contributed by atoms with E-state index in [-0.39, 0.29) is 11.9 Å². The molecule has 2 unspecified atom stereocenters. The van der Waals surface area contributed by atoms with Gasteiger partial charge in [-0.15, -0.1) is 0 Å². The van der Waals surface area contributed by atoms with Gasteiger partial charge in [0.15, 0.2) is 0 Å². The van der Waals surface area contributed by atoms with Crippen LogP contribution in [-0.2, 0) is 17.6 Å². The summed E-state index contributed by atoms with van der Waals surface area (Å²) in [6, 6.07) is 14.2. The number of fused-ring (bicyclic) bond motifs is 1. The lowest BCUT2D eigenvalue weighted by Gasteiger charge is -2.35. The Morgan fingerprint density at radius 3 is 2.59 bits per heavy atom. The normalized spacial score (nSPS) is 21.4. The summed E-state index contributed by atoms with van der Waals surface area (Å²) in [6.07, 6.45) is 5.71. The minimum Gasteiger partial charge on any atom is -0.337 e. The zero-order valence-corrected chi connectivity index (χ0v) is 16.7. The van der Waals surface area contributed by atoms with E-state index >= 15 is 0 Å². The van der Waals surface area contributed by atoms with E-state index in [2.05, 4.69) is 41.3 Å². The minimum absolute atomic E-state index is 0.0661. The molecule has 2 aliphatic rings. The van der Waals surface area contributed by atoms with E-state index < -0.39 is 0 Å². The van der Waals surface area contributed by atoms with Crippen LogP contribution in [0.15, 0.2) is 54.6 Å². The average Bonchev–Trinajstić information content (AvgIpc) is 3.31. The Labute approximate surface area is 170 Å². The highest BCUT2D eigenvalue weighted by atomic mass is 35.5. The van der Waals surface area contributed by atoms with E-state index in [0.29, 0.717) is 22.5 Å². The summed E-state index contributed by atoms with van der Waals surface area (Å²) in [6.45, 7) is 1.90. The molecule has 27 heavy (non-hydrogen) atoms. The fourth-order valence-electron chi connectivity index (χ4n) is 4.22. The number of hydrogen-bond acceptors (Lipinski definition) is 2. The molecule has 0 saturated carbocycles. The van der Waals surface area contributed by atoms with Gasteiger partial charge in [-0.2, -0.15) is 0 Å². The molecule has 1 amide bonds. The molecule has 5 heteroatoms. The molecule has 2 atom stereocenters. The summed E-state index contributed by atoms with van der Waals surface area (Å²) in [5, 5.41) is 0.990. The molecule has 4 rings (SSSR count). The Morgan fingerprint density at radius 2 is 1.85 bits per heavy atom. The molecule has 0 bridgehead atoms. The smallest absolute Gasteiger partial charge is 0.227 e. The number of hydrogen-bond donors (Lipinski definition) is 0. The third-order valence-electron chi connectivity index (χ3n) is 5.63. The van der Waals surface area contributed by atoms with Crippen molar-refractivity contribution >= 4 is 29.1 Å². The summed E-state index contributed by atoms with van der Waals surface area (Å²) in [5.41, 5.74) is 3.49. The van der Waals surface area contributed by atoms with Gasteiger partial charge in [-0.25, -0.2) is 0 Å². The van der Waals surface area contributed by atoms with Gasteiger partial charge in [0.2, 0.25) is 5.91 Å². The SMILES string of the molecule is CN(C(=O)Cc1ccc(Cl)c(Cl)c1)C1c2ccccc2CC1N1CC=CC1. The summed E-state index contributed by atoms with van der Waals surface area (Å²) in [7, 11) is 1.92. The summed E-state index contributed by atoms with van der Waals surface area (Å²) in [4.78, 5) is 17.4.